The van der Waals surface area contributed by atoms with Crippen LogP contribution in [-0.2, 0) is 35.8 Å². The van der Waals surface area contributed by atoms with Gasteiger partial charge >= 0.3 is 12.1 Å². The molecule has 156 valence electrons. The van der Waals surface area contributed by atoms with Crippen molar-refractivity contribution in [3.8, 4) is 0 Å². The van der Waals surface area contributed by atoms with Crippen molar-refractivity contribution in [2.75, 3.05) is 19.8 Å². The molecule has 0 saturated heterocycles. The number of aliphatic hydroxyl groups excluding tert-OH is 1. The summed E-state index contributed by atoms with van der Waals surface area (Å²) in [7, 11) is 0. The standard InChI is InChI=1S/C15H21N3O3.C2HF3O2/c19-6-8-20-11-14-15-10-17(9-13-3-1-7-21-13)4-2-5-18(15)12-16-14;3-2(4,5)1(6)7/h1,3,7,12,19H,2,4-6,8-11H2;(H,6,7). The molecule has 0 fully saturated rings. The second kappa shape index (κ2) is 10.2. The Morgan fingerprint density at radius 2 is 2.11 bits per heavy atom. The number of aromatic nitrogens is 2. The molecule has 3 heterocycles. The third-order valence-electron chi connectivity index (χ3n) is 3.96. The first-order chi connectivity index (χ1) is 13.3. The molecule has 2 N–H and O–H groups in total. The first kappa shape index (κ1) is 21.9. The molecule has 11 heteroatoms. The number of aryl methyl sites for hydroxylation is 1. The van der Waals surface area contributed by atoms with Crippen LogP contribution in [0.1, 0.15) is 23.6 Å². The third kappa shape index (κ3) is 6.66. The number of carbonyl (C=O) groups is 1. The lowest BCUT2D eigenvalue weighted by Gasteiger charge is -2.18. The molecule has 0 radical (unpaired) electrons. The number of imidazole rings is 1. The Labute approximate surface area is 159 Å². The van der Waals surface area contributed by atoms with Crippen molar-refractivity contribution in [1.29, 1.82) is 0 Å². The van der Waals surface area contributed by atoms with E-state index in [9.17, 15) is 13.2 Å². The second-order valence-electron chi connectivity index (χ2n) is 6.05. The zero-order valence-corrected chi connectivity index (χ0v) is 15.1. The van der Waals surface area contributed by atoms with Gasteiger partial charge in [-0.1, -0.05) is 0 Å². The van der Waals surface area contributed by atoms with Crippen molar-refractivity contribution in [3.05, 3.63) is 41.9 Å². The normalized spacial score (nSPS) is 14.7. The van der Waals surface area contributed by atoms with Crippen LogP contribution in [0.25, 0.3) is 0 Å². The molecule has 0 amide bonds. The molecule has 0 aliphatic carbocycles. The summed E-state index contributed by atoms with van der Waals surface area (Å²) in [6, 6.07) is 3.93. The number of furan rings is 1. The highest BCUT2D eigenvalue weighted by Gasteiger charge is 2.38. The number of aliphatic hydroxyl groups is 1. The Hall–Kier alpha value is -2.37. The minimum Gasteiger partial charge on any atom is -0.475 e. The predicted octanol–water partition coefficient (Wildman–Crippen LogP) is 2.02. The Kier molecular flexibility index (Phi) is 8.03. The van der Waals surface area contributed by atoms with Gasteiger partial charge in [0, 0.05) is 19.6 Å². The highest BCUT2D eigenvalue weighted by molar-refractivity contribution is 5.73. The first-order valence-electron chi connectivity index (χ1n) is 8.57. The van der Waals surface area contributed by atoms with Gasteiger partial charge in [-0.3, -0.25) is 4.90 Å². The van der Waals surface area contributed by atoms with Crippen molar-refractivity contribution in [2.45, 2.75) is 38.8 Å². The van der Waals surface area contributed by atoms with Gasteiger partial charge in [0.05, 0.1) is 50.3 Å². The van der Waals surface area contributed by atoms with Crippen LogP contribution in [-0.4, -0.2) is 56.6 Å². The Morgan fingerprint density at radius 1 is 1.36 bits per heavy atom. The lowest BCUT2D eigenvalue weighted by Crippen LogP contribution is -2.23. The van der Waals surface area contributed by atoms with E-state index in [0.29, 0.717) is 13.2 Å². The summed E-state index contributed by atoms with van der Waals surface area (Å²) < 4.78 is 44.8. The molecular weight excluding hydrogens is 383 g/mol. The molecule has 0 bridgehead atoms. The van der Waals surface area contributed by atoms with Crippen molar-refractivity contribution >= 4 is 5.97 Å². The smallest absolute Gasteiger partial charge is 0.475 e. The summed E-state index contributed by atoms with van der Waals surface area (Å²) >= 11 is 0. The fraction of sp³-hybridized carbons (Fsp3) is 0.529. The van der Waals surface area contributed by atoms with E-state index in [-0.39, 0.29) is 6.61 Å². The molecule has 0 saturated carbocycles. The van der Waals surface area contributed by atoms with Crippen molar-refractivity contribution in [1.82, 2.24) is 14.5 Å². The fourth-order valence-electron chi connectivity index (χ4n) is 2.69. The summed E-state index contributed by atoms with van der Waals surface area (Å²) in [5, 5.41) is 15.9. The van der Waals surface area contributed by atoms with Crippen LogP contribution in [0.3, 0.4) is 0 Å². The molecule has 0 aromatic carbocycles. The molecule has 2 aromatic rings. The summed E-state index contributed by atoms with van der Waals surface area (Å²) in [6.07, 6.45) is -0.379. The second-order valence-corrected chi connectivity index (χ2v) is 6.05. The van der Waals surface area contributed by atoms with E-state index in [0.717, 1.165) is 44.1 Å². The number of halogens is 3. The van der Waals surface area contributed by atoms with Crippen molar-refractivity contribution in [3.63, 3.8) is 0 Å². The molecule has 8 nitrogen and oxygen atoms in total. The minimum atomic E-state index is -5.08. The van der Waals surface area contributed by atoms with E-state index >= 15 is 0 Å². The van der Waals surface area contributed by atoms with E-state index in [1.807, 2.05) is 18.5 Å². The van der Waals surface area contributed by atoms with E-state index < -0.39 is 12.1 Å². The van der Waals surface area contributed by atoms with Gasteiger partial charge in [0.25, 0.3) is 0 Å². The number of rotatable bonds is 6. The monoisotopic (exact) mass is 405 g/mol. The van der Waals surface area contributed by atoms with E-state index in [1.54, 1.807) is 6.26 Å². The number of nitrogens with zero attached hydrogens (tertiary/aromatic N) is 3. The maximum absolute atomic E-state index is 10.6. The zero-order chi connectivity index (χ0) is 20.6. The quantitative estimate of drug-likeness (QED) is 0.709. The molecule has 0 atom stereocenters. The first-order valence-corrected chi connectivity index (χ1v) is 8.57. The van der Waals surface area contributed by atoms with Crippen LogP contribution in [0, 0.1) is 0 Å². The molecule has 2 aromatic heterocycles. The Bertz CT molecular complexity index is 731. The summed E-state index contributed by atoms with van der Waals surface area (Å²) in [6.45, 7) is 4.53. The van der Waals surface area contributed by atoms with E-state index in [2.05, 4.69) is 14.5 Å². The summed E-state index contributed by atoms with van der Waals surface area (Å²) in [4.78, 5) is 15.7. The molecule has 0 unspecified atom stereocenters. The zero-order valence-electron chi connectivity index (χ0n) is 15.1. The number of alkyl halides is 3. The number of aliphatic carboxylic acids is 1. The summed E-state index contributed by atoms with van der Waals surface area (Å²) in [5.74, 6) is -1.77. The van der Waals surface area contributed by atoms with E-state index in [1.165, 1.54) is 5.69 Å². The van der Waals surface area contributed by atoms with Crippen molar-refractivity contribution < 1.29 is 37.3 Å². The maximum Gasteiger partial charge on any atom is 0.490 e. The predicted molar refractivity (Wildman–Crippen MR) is 90.1 cm³/mol. The number of fused-ring (bicyclic) bond motifs is 1. The molecule has 1 aliphatic heterocycles. The van der Waals surface area contributed by atoms with Gasteiger partial charge in [0.2, 0.25) is 0 Å². The van der Waals surface area contributed by atoms with Gasteiger partial charge < -0.3 is 23.9 Å². The topological polar surface area (TPSA) is 101 Å². The molecule has 3 rings (SSSR count). The van der Waals surface area contributed by atoms with Crippen LogP contribution >= 0.6 is 0 Å². The number of ether oxygens (including phenoxy) is 1. The lowest BCUT2D eigenvalue weighted by molar-refractivity contribution is -0.192. The average molecular weight is 405 g/mol. The van der Waals surface area contributed by atoms with Crippen LogP contribution < -0.4 is 0 Å². The fourth-order valence-corrected chi connectivity index (χ4v) is 2.69. The van der Waals surface area contributed by atoms with Crippen molar-refractivity contribution in [2.24, 2.45) is 0 Å². The van der Waals surface area contributed by atoms with Crippen LogP contribution in [0.5, 0.6) is 0 Å². The van der Waals surface area contributed by atoms with Crippen LogP contribution in [0.2, 0.25) is 0 Å². The number of hydrogen-bond donors (Lipinski definition) is 2. The van der Waals surface area contributed by atoms with Gasteiger partial charge in [-0.15, -0.1) is 0 Å². The Morgan fingerprint density at radius 3 is 2.71 bits per heavy atom. The highest BCUT2D eigenvalue weighted by Crippen LogP contribution is 2.19. The van der Waals surface area contributed by atoms with Crippen LogP contribution in [0.4, 0.5) is 13.2 Å². The molecule has 28 heavy (non-hydrogen) atoms. The van der Waals surface area contributed by atoms with Gasteiger partial charge in [0.15, 0.2) is 0 Å². The minimum absolute atomic E-state index is 0.0423. The lowest BCUT2D eigenvalue weighted by atomic mass is 10.3. The largest absolute Gasteiger partial charge is 0.490 e. The van der Waals surface area contributed by atoms with E-state index in [4.69, 9.17) is 24.2 Å². The average Bonchev–Trinajstić information content (AvgIpc) is 3.21. The third-order valence-corrected chi connectivity index (χ3v) is 3.96. The molecular formula is C17H22F3N3O5. The van der Waals surface area contributed by atoms with Crippen LogP contribution in [0.15, 0.2) is 29.1 Å². The maximum atomic E-state index is 10.6. The Balaban J connectivity index is 0.000000345. The number of hydrogen-bond acceptors (Lipinski definition) is 6. The van der Waals surface area contributed by atoms with Gasteiger partial charge in [-0.25, -0.2) is 9.78 Å². The molecule has 1 aliphatic rings. The number of carboxylic acid groups (broad SMARTS) is 1. The molecule has 0 spiro atoms. The SMILES string of the molecule is O=C(O)C(F)(F)F.OCCOCc1ncn2c1CN(Cc1ccco1)CCC2. The summed E-state index contributed by atoms with van der Waals surface area (Å²) in [5.41, 5.74) is 2.17. The highest BCUT2D eigenvalue weighted by atomic mass is 19.4. The van der Waals surface area contributed by atoms with Gasteiger partial charge in [0.1, 0.15) is 5.76 Å². The number of carboxylic acids is 1. The van der Waals surface area contributed by atoms with Gasteiger partial charge in [-0.05, 0) is 18.6 Å². The van der Waals surface area contributed by atoms with Gasteiger partial charge in [-0.2, -0.15) is 13.2 Å².